The SMILES string of the molecule is O=CC[C@H]1C(=O)OCN1C(=O)O. The van der Waals surface area contributed by atoms with Gasteiger partial charge in [-0.3, -0.25) is 4.90 Å². The van der Waals surface area contributed by atoms with Gasteiger partial charge in [-0.25, -0.2) is 9.59 Å². The van der Waals surface area contributed by atoms with Crippen LogP contribution in [0.5, 0.6) is 0 Å². The molecule has 0 unspecified atom stereocenters. The maximum Gasteiger partial charge on any atom is 0.410 e. The van der Waals surface area contributed by atoms with Crippen LogP contribution in [-0.2, 0) is 14.3 Å². The number of rotatable bonds is 2. The van der Waals surface area contributed by atoms with Gasteiger partial charge in [-0.1, -0.05) is 0 Å². The number of aldehydes is 1. The molecule has 1 amide bonds. The second-order valence-electron chi connectivity index (χ2n) is 2.26. The summed E-state index contributed by atoms with van der Waals surface area (Å²) in [5.74, 6) is -0.662. The molecule has 66 valence electrons. The molecule has 1 aliphatic heterocycles. The minimum atomic E-state index is -1.26. The fourth-order valence-corrected chi connectivity index (χ4v) is 0.950. The number of carboxylic acid groups (broad SMARTS) is 1. The number of cyclic esters (lactones) is 1. The predicted molar refractivity (Wildman–Crippen MR) is 35.3 cm³/mol. The Balaban J connectivity index is 2.69. The molecule has 6 nitrogen and oxygen atoms in total. The van der Waals surface area contributed by atoms with Crippen LogP contribution in [0, 0.1) is 0 Å². The third-order valence-corrected chi connectivity index (χ3v) is 1.56. The van der Waals surface area contributed by atoms with Gasteiger partial charge in [-0.15, -0.1) is 0 Å². The number of hydrogen-bond donors (Lipinski definition) is 1. The highest BCUT2D eigenvalue weighted by Crippen LogP contribution is 2.13. The molecule has 0 bridgehead atoms. The highest BCUT2D eigenvalue weighted by Gasteiger charge is 2.37. The first-order chi connectivity index (χ1) is 5.66. The monoisotopic (exact) mass is 173 g/mol. The Hall–Kier alpha value is -1.59. The molecule has 12 heavy (non-hydrogen) atoms. The van der Waals surface area contributed by atoms with E-state index >= 15 is 0 Å². The summed E-state index contributed by atoms with van der Waals surface area (Å²) >= 11 is 0. The molecule has 1 saturated heterocycles. The number of esters is 1. The third kappa shape index (κ3) is 1.36. The summed E-state index contributed by atoms with van der Waals surface area (Å²) in [6.45, 7) is -0.285. The quantitative estimate of drug-likeness (QED) is 0.447. The summed E-state index contributed by atoms with van der Waals surface area (Å²) in [5.41, 5.74) is 0. The van der Waals surface area contributed by atoms with Crippen molar-refractivity contribution in [2.24, 2.45) is 0 Å². The van der Waals surface area contributed by atoms with Crippen molar-refractivity contribution in [2.45, 2.75) is 12.5 Å². The maximum absolute atomic E-state index is 10.8. The van der Waals surface area contributed by atoms with Gasteiger partial charge in [0.2, 0.25) is 0 Å². The molecule has 1 fully saturated rings. The van der Waals surface area contributed by atoms with Crippen molar-refractivity contribution in [3.8, 4) is 0 Å². The van der Waals surface area contributed by atoms with Crippen LogP contribution in [0.25, 0.3) is 0 Å². The summed E-state index contributed by atoms with van der Waals surface area (Å²) < 4.78 is 4.44. The molecule has 0 aromatic carbocycles. The molecule has 0 aliphatic carbocycles. The van der Waals surface area contributed by atoms with Crippen LogP contribution < -0.4 is 0 Å². The van der Waals surface area contributed by atoms with Gasteiger partial charge >= 0.3 is 12.1 Å². The highest BCUT2D eigenvalue weighted by molar-refractivity contribution is 5.85. The van der Waals surface area contributed by atoms with Crippen LogP contribution in [0.4, 0.5) is 4.79 Å². The Morgan fingerprint density at radius 2 is 2.50 bits per heavy atom. The van der Waals surface area contributed by atoms with Gasteiger partial charge in [0.25, 0.3) is 0 Å². The first kappa shape index (κ1) is 8.51. The van der Waals surface area contributed by atoms with Crippen LogP contribution in [0.15, 0.2) is 0 Å². The van der Waals surface area contributed by atoms with Gasteiger partial charge in [0, 0.05) is 6.42 Å². The number of carbonyl (C=O) groups is 3. The van der Waals surface area contributed by atoms with Crippen LogP contribution in [0.2, 0.25) is 0 Å². The zero-order valence-corrected chi connectivity index (χ0v) is 6.10. The van der Waals surface area contributed by atoms with E-state index in [1.807, 2.05) is 0 Å². The summed E-state index contributed by atoms with van der Waals surface area (Å²) in [5, 5.41) is 8.51. The van der Waals surface area contributed by atoms with E-state index in [9.17, 15) is 14.4 Å². The fourth-order valence-electron chi connectivity index (χ4n) is 0.950. The average molecular weight is 173 g/mol. The van der Waals surface area contributed by atoms with Gasteiger partial charge in [0.15, 0.2) is 6.73 Å². The van der Waals surface area contributed by atoms with Crippen molar-refractivity contribution in [3.63, 3.8) is 0 Å². The van der Waals surface area contributed by atoms with Crippen LogP contribution >= 0.6 is 0 Å². The van der Waals surface area contributed by atoms with Crippen molar-refractivity contribution in [3.05, 3.63) is 0 Å². The van der Waals surface area contributed by atoms with Gasteiger partial charge in [0.05, 0.1) is 0 Å². The average Bonchev–Trinajstić information content (AvgIpc) is 2.34. The molecule has 0 saturated carbocycles. The summed E-state index contributed by atoms with van der Waals surface area (Å²) in [6.07, 6.45) is -0.911. The standard InChI is InChI=1S/C6H7NO5/c8-2-1-4-5(9)12-3-7(4)6(10)11/h2,4H,1,3H2,(H,10,11)/t4-/m0/s1. The fraction of sp³-hybridized carbons (Fsp3) is 0.500. The van der Waals surface area contributed by atoms with Crippen LogP contribution in [0.1, 0.15) is 6.42 Å². The van der Waals surface area contributed by atoms with E-state index < -0.39 is 18.1 Å². The number of ether oxygens (including phenoxy) is 1. The van der Waals surface area contributed by atoms with E-state index in [1.54, 1.807) is 0 Å². The number of nitrogens with zero attached hydrogens (tertiary/aromatic N) is 1. The lowest BCUT2D eigenvalue weighted by atomic mass is 10.2. The first-order valence-electron chi connectivity index (χ1n) is 3.26. The van der Waals surface area contributed by atoms with Crippen molar-refractivity contribution in [1.82, 2.24) is 4.90 Å². The number of amides is 1. The van der Waals surface area contributed by atoms with E-state index in [2.05, 4.69) is 4.74 Å². The van der Waals surface area contributed by atoms with Gasteiger partial charge in [-0.05, 0) is 0 Å². The smallest absolute Gasteiger partial charge is 0.410 e. The van der Waals surface area contributed by atoms with Crippen molar-refractivity contribution in [1.29, 1.82) is 0 Å². The van der Waals surface area contributed by atoms with Gasteiger partial charge in [0.1, 0.15) is 12.3 Å². The lowest BCUT2D eigenvalue weighted by molar-refractivity contribution is -0.139. The second-order valence-corrected chi connectivity index (χ2v) is 2.26. The van der Waals surface area contributed by atoms with E-state index in [1.165, 1.54) is 0 Å². The van der Waals surface area contributed by atoms with E-state index in [4.69, 9.17) is 5.11 Å². The predicted octanol–water partition coefficient (Wildman–Crippen LogP) is -0.562. The van der Waals surface area contributed by atoms with Gasteiger partial charge < -0.3 is 14.6 Å². The lowest BCUT2D eigenvalue weighted by Gasteiger charge is -2.13. The van der Waals surface area contributed by atoms with Crippen molar-refractivity contribution in [2.75, 3.05) is 6.73 Å². The molecule has 1 aliphatic rings. The Bertz CT molecular complexity index is 226. The normalized spacial score (nSPS) is 22.2. The zero-order valence-electron chi connectivity index (χ0n) is 6.10. The largest absolute Gasteiger partial charge is 0.465 e. The number of hydrogen-bond acceptors (Lipinski definition) is 4. The van der Waals surface area contributed by atoms with E-state index in [0.29, 0.717) is 6.29 Å². The minimum Gasteiger partial charge on any atom is -0.465 e. The Labute approximate surface area is 67.7 Å². The molecule has 0 aromatic rings. The topological polar surface area (TPSA) is 83.9 Å². The summed E-state index contributed by atoms with van der Waals surface area (Å²) in [7, 11) is 0. The molecule has 0 radical (unpaired) electrons. The second kappa shape index (κ2) is 3.21. The summed E-state index contributed by atoms with van der Waals surface area (Å²) in [6, 6.07) is -0.958. The molecular weight excluding hydrogens is 166 g/mol. The molecule has 1 rings (SSSR count). The molecule has 1 N–H and O–H groups in total. The van der Waals surface area contributed by atoms with Crippen molar-refractivity contribution >= 4 is 18.3 Å². The third-order valence-electron chi connectivity index (χ3n) is 1.56. The van der Waals surface area contributed by atoms with E-state index in [-0.39, 0.29) is 13.2 Å². The highest BCUT2D eigenvalue weighted by atomic mass is 16.6. The van der Waals surface area contributed by atoms with Gasteiger partial charge in [-0.2, -0.15) is 0 Å². The zero-order chi connectivity index (χ0) is 9.14. The molecule has 1 atom stereocenters. The number of carbonyl (C=O) groups excluding carboxylic acids is 2. The maximum atomic E-state index is 10.8. The van der Waals surface area contributed by atoms with E-state index in [0.717, 1.165) is 4.90 Å². The molecule has 0 aromatic heterocycles. The summed E-state index contributed by atoms with van der Waals surface area (Å²) in [4.78, 5) is 32.0. The van der Waals surface area contributed by atoms with Crippen LogP contribution in [0.3, 0.4) is 0 Å². The first-order valence-corrected chi connectivity index (χ1v) is 3.26. The molecule has 1 heterocycles. The minimum absolute atomic E-state index is 0.148. The molecular formula is C6H7NO5. The Morgan fingerprint density at radius 1 is 1.83 bits per heavy atom. The molecule has 0 spiro atoms. The molecule has 6 heteroatoms. The lowest BCUT2D eigenvalue weighted by Crippen LogP contribution is -2.37. The Morgan fingerprint density at radius 3 is 3.00 bits per heavy atom. The Kier molecular flexibility index (Phi) is 2.27. The van der Waals surface area contributed by atoms with Crippen molar-refractivity contribution < 1.29 is 24.2 Å². The van der Waals surface area contributed by atoms with Crippen LogP contribution in [-0.4, -0.2) is 41.1 Å².